The molecule has 1 aliphatic rings. The molecule has 6 heteroatoms. The molecular formula is C13H14N2O3S. The van der Waals surface area contributed by atoms with Gasteiger partial charge in [-0.2, -0.15) is 5.26 Å². The van der Waals surface area contributed by atoms with Gasteiger partial charge in [0.25, 0.3) is 0 Å². The third-order valence-corrected chi connectivity index (χ3v) is 4.32. The van der Waals surface area contributed by atoms with Crippen molar-refractivity contribution in [2.24, 2.45) is 0 Å². The Morgan fingerprint density at radius 3 is 2.63 bits per heavy atom. The van der Waals surface area contributed by atoms with E-state index in [0.29, 0.717) is 11.1 Å². The number of hydrogen-bond donors (Lipinski definition) is 2. The Kier molecular flexibility index (Phi) is 4.00. The van der Waals surface area contributed by atoms with Crippen LogP contribution in [-0.4, -0.2) is 31.9 Å². The van der Waals surface area contributed by atoms with Crippen LogP contribution in [0, 0.1) is 11.3 Å². The van der Waals surface area contributed by atoms with Crippen molar-refractivity contribution in [2.45, 2.75) is 12.1 Å². The highest BCUT2D eigenvalue weighted by molar-refractivity contribution is 7.94. The van der Waals surface area contributed by atoms with Crippen LogP contribution >= 0.6 is 0 Å². The lowest BCUT2D eigenvalue weighted by atomic mass is 10.1. The fraction of sp³-hybridized carbons (Fsp3) is 0.308. The van der Waals surface area contributed by atoms with E-state index in [9.17, 15) is 13.5 Å². The highest BCUT2D eigenvalue weighted by Gasteiger charge is 2.21. The second-order valence-electron chi connectivity index (χ2n) is 4.42. The Labute approximate surface area is 112 Å². The van der Waals surface area contributed by atoms with Crippen molar-refractivity contribution >= 4 is 9.84 Å². The predicted molar refractivity (Wildman–Crippen MR) is 70.8 cm³/mol. The quantitative estimate of drug-likeness (QED) is 0.836. The van der Waals surface area contributed by atoms with Crippen LogP contribution in [0.3, 0.4) is 0 Å². The number of aliphatic hydroxyl groups excluding tert-OH is 1. The molecule has 0 saturated carbocycles. The average molecular weight is 278 g/mol. The molecule has 100 valence electrons. The maximum atomic E-state index is 11.2. The van der Waals surface area contributed by atoms with Crippen molar-refractivity contribution in [3.05, 3.63) is 46.9 Å². The number of rotatable bonds is 4. The number of sulfone groups is 1. The number of nitrogens with zero attached hydrogens (tertiary/aromatic N) is 1. The zero-order chi connectivity index (χ0) is 13.9. The molecule has 0 fully saturated rings. The standard InChI is InChI=1S/C13H14N2O3S/c14-7-10-1-3-11(4-2-10)13(16)8-15-12-5-6-19(17,18)9-12/h1-6,12-13,15-16H,8-9H2. The van der Waals surface area contributed by atoms with Crippen LogP contribution in [0.1, 0.15) is 17.2 Å². The van der Waals surface area contributed by atoms with E-state index in [1.165, 1.54) is 5.41 Å². The number of aliphatic hydroxyl groups is 1. The topological polar surface area (TPSA) is 90.2 Å². The summed E-state index contributed by atoms with van der Waals surface area (Å²) in [7, 11) is -3.08. The van der Waals surface area contributed by atoms with Crippen molar-refractivity contribution in [2.75, 3.05) is 12.3 Å². The SMILES string of the molecule is N#Cc1ccc(C(O)CNC2C=CS(=O)(=O)C2)cc1. The number of nitrogens with one attached hydrogen (secondary N) is 1. The van der Waals surface area contributed by atoms with Crippen molar-refractivity contribution in [3.63, 3.8) is 0 Å². The minimum absolute atomic E-state index is 0.0348. The number of nitriles is 1. The Morgan fingerprint density at radius 2 is 2.11 bits per heavy atom. The monoisotopic (exact) mass is 278 g/mol. The molecule has 0 saturated heterocycles. The lowest BCUT2D eigenvalue weighted by Gasteiger charge is -2.15. The second-order valence-corrected chi connectivity index (χ2v) is 6.35. The van der Waals surface area contributed by atoms with Crippen molar-refractivity contribution in [1.29, 1.82) is 5.26 Å². The van der Waals surface area contributed by atoms with Crippen LogP contribution in [0.25, 0.3) is 0 Å². The summed E-state index contributed by atoms with van der Waals surface area (Å²) >= 11 is 0. The van der Waals surface area contributed by atoms with Crippen LogP contribution in [-0.2, 0) is 9.84 Å². The molecule has 0 bridgehead atoms. The fourth-order valence-corrected chi connectivity index (χ4v) is 3.13. The second kappa shape index (κ2) is 5.53. The number of benzene rings is 1. The van der Waals surface area contributed by atoms with Gasteiger partial charge in [-0.05, 0) is 17.7 Å². The molecule has 0 amide bonds. The third-order valence-electron chi connectivity index (χ3n) is 2.93. The highest BCUT2D eigenvalue weighted by Crippen LogP contribution is 2.14. The van der Waals surface area contributed by atoms with Crippen LogP contribution in [0.2, 0.25) is 0 Å². The predicted octanol–water partition coefficient (Wildman–Crippen LogP) is 0.492. The summed E-state index contributed by atoms with van der Waals surface area (Å²) in [5.41, 5.74) is 1.23. The van der Waals surface area contributed by atoms with Crippen molar-refractivity contribution in [1.82, 2.24) is 5.32 Å². The first kappa shape index (κ1) is 13.7. The molecule has 1 heterocycles. The molecule has 19 heavy (non-hydrogen) atoms. The van der Waals surface area contributed by atoms with Gasteiger partial charge < -0.3 is 10.4 Å². The summed E-state index contributed by atoms with van der Waals surface area (Å²) < 4.78 is 22.4. The van der Waals surface area contributed by atoms with Gasteiger partial charge in [-0.3, -0.25) is 0 Å². The minimum Gasteiger partial charge on any atom is -0.387 e. The lowest BCUT2D eigenvalue weighted by molar-refractivity contribution is 0.173. The van der Waals surface area contributed by atoms with Gasteiger partial charge in [-0.25, -0.2) is 8.42 Å². The van der Waals surface area contributed by atoms with Gasteiger partial charge in [-0.15, -0.1) is 0 Å². The van der Waals surface area contributed by atoms with Crippen molar-refractivity contribution in [3.8, 4) is 6.07 Å². The minimum atomic E-state index is -3.08. The summed E-state index contributed by atoms with van der Waals surface area (Å²) in [6.45, 7) is 0.260. The molecule has 1 aromatic carbocycles. The molecule has 5 nitrogen and oxygen atoms in total. The zero-order valence-electron chi connectivity index (χ0n) is 10.2. The first-order valence-electron chi connectivity index (χ1n) is 5.82. The maximum absolute atomic E-state index is 11.2. The summed E-state index contributed by atoms with van der Waals surface area (Å²) in [4.78, 5) is 0. The van der Waals surface area contributed by atoms with Crippen molar-refractivity contribution < 1.29 is 13.5 Å². The van der Waals surface area contributed by atoms with Gasteiger partial charge in [0.1, 0.15) is 0 Å². The number of hydrogen-bond acceptors (Lipinski definition) is 5. The van der Waals surface area contributed by atoms with Gasteiger partial charge in [0, 0.05) is 18.0 Å². The van der Waals surface area contributed by atoms with E-state index >= 15 is 0 Å². The van der Waals surface area contributed by atoms with Gasteiger partial charge in [-0.1, -0.05) is 18.2 Å². The summed E-state index contributed by atoms with van der Waals surface area (Å²) in [6.07, 6.45) is 0.852. The van der Waals surface area contributed by atoms with Crippen LogP contribution < -0.4 is 5.32 Å². The van der Waals surface area contributed by atoms with E-state index in [4.69, 9.17) is 5.26 Å². The molecule has 0 spiro atoms. The molecular weight excluding hydrogens is 264 g/mol. The van der Waals surface area contributed by atoms with Crippen LogP contribution in [0.4, 0.5) is 0 Å². The van der Waals surface area contributed by atoms with Gasteiger partial charge >= 0.3 is 0 Å². The Bertz CT molecular complexity index is 614. The van der Waals surface area contributed by atoms with Gasteiger partial charge in [0.15, 0.2) is 9.84 Å². The highest BCUT2D eigenvalue weighted by atomic mass is 32.2. The Balaban J connectivity index is 1.89. The average Bonchev–Trinajstić information content (AvgIpc) is 2.76. The Hall–Kier alpha value is -1.68. The summed E-state index contributed by atoms with van der Waals surface area (Å²) in [5, 5.41) is 22.8. The maximum Gasteiger partial charge on any atom is 0.173 e. The van der Waals surface area contributed by atoms with Gasteiger partial charge in [0.05, 0.1) is 23.5 Å². The molecule has 1 aliphatic heterocycles. The summed E-state index contributed by atoms with van der Waals surface area (Å²) in [6, 6.07) is 8.40. The lowest BCUT2D eigenvalue weighted by Crippen LogP contribution is -2.33. The molecule has 0 aromatic heterocycles. The zero-order valence-corrected chi connectivity index (χ0v) is 11.0. The molecule has 2 rings (SSSR count). The molecule has 0 aliphatic carbocycles. The van der Waals surface area contributed by atoms with Crippen LogP contribution in [0.15, 0.2) is 35.7 Å². The van der Waals surface area contributed by atoms with Gasteiger partial charge in [0.2, 0.25) is 0 Å². The van der Waals surface area contributed by atoms with E-state index in [0.717, 1.165) is 0 Å². The van der Waals surface area contributed by atoms with E-state index < -0.39 is 15.9 Å². The van der Waals surface area contributed by atoms with E-state index in [1.807, 2.05) is 6.07 Å². The first-order chi connectivity index (χ1) is 9.00. The normalized spacial score (nSPS) is 22.0. The molecule has 0 radical (unpaired) electrons. The largest absolute Gasteiger partial charge is 0.387 e. The van der Waals surface area contributed by atoms with E-state index in [-0.39, 0.29) is 18.3 Å². The third kappa shape index (κ3) is 3.64. The fourth-order valence-electron chi connectivity index (χ4n) is 1.86. The molecule has 2 atom stereocenters. The Morgan fingerprint density at radius 1 is 1.42 bits per heavy atom. The first-order valence-corrected chi connectivity index (χ1v) is 7.54. The molecule has 2 unspecified atom stereocenters. The smallest absolute Gasteiger partial charge is 0.173 e. The summed E-state index contributed by atoms with van der Waals surface area (Å²) in [5.74, 6) is 0.0348. The van der Waals surface area contributed by atoms with E-state index in [1.54, 1.807) is 30.3 Å². The van der Waals surface area contributed by atoms with Crippen LogP contribution in [0.5, 0.6) is 0 Å². The van der Waals surface area contributed by atoms with E-state index in [2.05, 4.69) is 5.32 Å². The molecule has 2 N–H and O–H groups in total. The molecule has 1 aromatic rings.